The van der Waals surface area contributed by atoms with Crippen molar-refractivity contribution in [2.24, 2.45) is 0 Å². The Morgan fingerprint density at radius 2 is 2.06 bits per heavy atom. The maximum absolute atomic E-state index is 11.9. The SMILES string of the molecule is O=S(=O)(NCC1CNCCO1)N1CCOCC1. The Kier molecular flexibility index (Phi) is 4.71. The first-order chi connectivity index (χ1) is 8.18. The molecule has 0 aromatic carbocycles. The number of nitrogens with one attached hydrogen (secondary N) is 2. The zero-order chi connectivity index (χ0) is 12.1. The summed E-state index contributed by atoms with van der Waals surface area (Å²) in [4.78, 5) is 0. The van der Waals surface area contributed by atoms with Crippen molar-refractivity contribution in [3.63, 3.8) is 0 Å². The quantitative estimate of drug-likeness (QED) is 0.623. The number of ether oxygens (including phenoxy) is 2. The van der Waals surface area contributed by atoms with Crippen LogP contribution in [0.25, 0.3) is 0 Å². The van der Waals surface area contributed by atoms with Crippen LogP contribution in [0.15, 0.2) is 0 Å². The van der Waals surface area contributed by atoms with E-state index in [1.807, 2.05) is 0 Å². The van der Waals surface area contributed by atoms with Gasteiger partial charge in [-0.2, -0.15) is 17.4 Å². The molecule has 2 rings (SSSR count). The van der Waals surface area contributed by atoms with Gasteiger partial charge in [0, 0.05) is 32.7 Å². The summed E-state index contributed by atoms with van der Waals surface area (Å²) in [6, 6.07) is 0. The highest BCUT2D eigenvalue weighted by atomic mass is 32.2. The highest BCUT2D eigenvalue weighted by Crippen LogP contribution is 2.03. The van der Waals surface area contributed by atoms with E-state index < -0.39 is 10.2 Å². The van der Waals surface area contributed by atoms with Gasteiger partial charge in [-0.25, -0.2) is 0 Å². The molecule has 2 aliphatic heterocycles. The number of hydrogen-bond donors (Lipinski definition) is 2. The van der Waals surface area contributed by atoms with Gasteiger partial charge < -0.3 is 14.8 Å². The largest absolute Gasteiger partial charge is 0.379 e. The van der Waals surface area contributed by atoms with E-state index in [0.717, 1.165) is 6.54 Å². The standard InChI is InChI=1S/C9H19N3O4S/c13-17(14,12-2-5-15-6-3-12)11-8-9-7-10-1-4-16-9/h9-11H,1-8H2. The van der Waals surface area contributed by atoms with E-state index in [1.165, 1.54) is 4.31 Å². The van der Waals surface area contributed by atoms with Gasteiger partial charge in [0.05, 0.1) is 25.9 Å². The molecule has 0 saturated carbocycles. The van der Waals surface area contributed by atoms with Crippen molar-refractivity contribution in [3.05, 3.63) is 0 Å². The van der Waals surface area contributed by atoms with Crippen molar-refractivity contribution in [1.29, 1.82) is 0 Å². The van der Waals surface area contributed by atoms with E-state index in [2.05, 4.69) is 10.0 Å². The number of nitrogens with zero attached hydrogens (tertiary/aromatic N) is 1. The first kappa shape index (κ1) is 13.2. The zero-order valence-electron chi connectivity index (χ0n) is 9.72. The molecule has 0 aromatic rings. The third kappa shape index (κ3) is 3.87. The van der Waals surface area contributed by atoms with E-state index in [0.29, 0.717) is 46.0 Å². The molecule has 0 spiro atoms. The lowest BCUT2D eigenvalue weighted by Gasteiger charge is -2.28. The highest BCUT2D eigenvalue weighted by molar-refractivity contribution is 7.87. The molecule has 2 saturated heterocycles. The summed E-state index contributed by atoms with van der Waals surface area (Å²) in [5.74, 6) is 0. The Balaban J connectivity index is 1.79. The molecule has 0 radical (unpaired) electrons. The van der Waals surface area contributed by atoms with Crippen LogP contribution < -0.4 is 10.0 Å². The van der Waals surface area contributed by atoms with Gasteiger partial charge in [0.2, 0.25) is 0 Å². The van der Waals surface area contributed by atoms with Crippen LogP contribution >= 0.6 is 0 Å². The number of rotatable bonds is 4. The average Bonchev–Trinajstić information content (AvgIpc) is 2.39. The molecule has 0 bridgehead atoms. The molecule has 2 N–H and O–H groups in total. The normalized spacial score (nSPS) is 28.1. The van der Waals surface area contributed by atoms with Crippen molar-refractivity contribution in [1.82, 2.24) is 14.3 Å². The molecule has 7 nitrogen and oxygen atoms in total. The fourth-order valence-electron chi connectivity index (χ4n) is 1.83. The molecule has 2 heterocycles. The number of hydrogen-bond acceptors (Lipinski definition) is 5. The maximum atomic E-state index is 11.9. The lowest BCUT2D eigenvalue weighted by molar-refractivity contribution is 0.0316. The van der Waals surface area contributed by atoms with Crippen LogP contribution in [0.1, 0.15) is 0 Å². The first-order valence-electron chi connectivity index (χ1n) is 5.83. The minimum atomic E-state index is -3.39. The lowest BCUT2D eigenvalue weighted by Crippen LogP contribution is -2.50. The molecule has 0 aliphatic carbocycles. The van der Waals surface area contributed by atoms with Crippen molar-refractivity contribution >= 4 is 10.2 Å². The molecule has 100 valence electrons. The molecule has 1 atom stereocenters. The third-order valence-electron chi connectivity index (χ3n) is 2.81. The van der Waals surface area contributed by atoms with Crippen molar-refractivity contribution in [2.75, 3.05) is 52.5 Å². The summed E-state index contributed by atoms with van der Waals surface area (Å²) in [7, 11) is -3.39. The van der Waals surface area contributed by atoms with Gasteiger partial charge in [0.1, 0.15) is 0 Å². The fraction of sp³-hybridized carbons (Fsp3) is 1.00. The molecule has 8 heteroatoms. The van der Waals surface area contributed by atoms with E-state index in [9.17, 15) is 8.42 Å². The van der Waals surface area contributed by atoms with Crippen LogP contribution in [0.4, 0.5) is 0 Å². The van der Waals surface area contributed by atoms with E-state index in [1.54, 1.807) is 0 Å². The summed E-state index contributed by atoms with van der Waals surface area (Å²) >= 11 is 0. The molecular weight excluding hydrogens is 246 g/mol. The Bertz CT molecular complexity index is 323. The lowest BCUT2D eigenvalue weighted by atomic mass is 10.3. The van der Waals surface area contributed by atoms with Crippen LogP contribution in [0, 0.1) is 0 Å². The smallest absolute Gasteiger partial charge is 0.279 e. The molecule has 2 aliphatic rings. The van der Waals surface area contributed by atoms with Gasteiger partial charge in [-0.1, -0.05) is 0 Å². The predicted octanol–water partition coefficient (Wildman–Crippen LogP) is -1.86. The van der Waals surface area contributed by atoms with Crippen LogP contribution in [0.3, 0.4) is 0 Å². The van der Waals surface area contributed by atoms with E-state index >= 15 is 0 Å². The minimum absolute atomic E-state index is 0.0837. The molecule has 0 amide bonds. The van der Waals surface area contributed by atoms with Gasteiger partial charge in [-0.15, -0.1) is 0 Å². The molecule has 1 unspecified atom stereocenters. The maximum Gasteiger partial charge on any atom is 0.279 e. The van der Waals surface area contributed by atoms with Crippen molar-refractivity contribution < 1.29 is 17.9 Å². The summed E-state index contributed by atoms with van der Waals surface area (Å²) in [6.45, 7) is 4.21. The predicted molar refractivity (Wildman–Crippen MR) is 61.9 cm³/mol. The second-order valence-corrected chi connectivity index (χ2v) is 5.82. The topological polar surface area (TPSA) is 79.9 Å². The van der Waals surface area contributed by atoms with Crippen LogP contribution in [0.5, 0.6) is 0 Å². The minimum Gasteiger partial charge on any atom is -0.379 e. The Morgan fingerprint density at radius 3 is 2.71 bits per heavy atom. The van der Waals surface area contributed by atoms with Crippen LogP contribution in [0.2, 0.25) is 0 Å². The molecular formula is C9H19N3O4S. The summed E-state index contributed by atoms with van der Waals surface area (Å²) in [5.41, 5.74) is 0. The first-order valence-corrected chi connectivity index (χ1v) is 7.27. The molecule has 17 heavy (non-hydrogen) atoms. The Morgan fingerprint density at radius 1 is 1.29 bits per heavy atom. The van der Waals surface area contributed by atoms with Crippen LogP contribution in [-0.4, -0.2) is 71.4 Å². The average molecular weight is 265 g/mol. The van der Waals surface area contributed by atoms with Gasteiger partial charge in [0.15, 0.2) is 0 Å². The summed E-state index contributed by atoms with van der Waals surface area (Å²) in [5, 5.41) is 3.16. The summed E-state index contributed by atoms with van der Waals surface area (Å²) in [6.07, 6.45) is -0.0837. The summed E-state index contributed by atoms with van der Waals surface area (Å²) < 4.78 is 38.4. The van der Waals surface area contributed by atoms with Gasteiger partial charge in [-0.3, -0.25) is 0 Å². The Hall–Kier alpha value is -0.250. The Labute approximate surface area is 102 Å². The van der Waals surface area contributed by atoms with Gasteiger partial charge in [-0.05, 0) is 0 Å². The second kappa shape index (κ2) is 6.07. The highest BCUT2D eigenvalue weighted by Gasteiger charge is 2.25. The monoisotopic (exact) mass is 265 g/mol. The molecule has 0 aromatic heterocycles. The second-order valence-electron chi connectivity index (χ2n) is 4.06. The molecule has 2 fully saturated rings. The van der Waals surface area contributed by atoms with Crippen LogP contribution in [-0.2, 0) is 19.7 Å². The third-order valence-corrected chi connectivity index (χ3v) is 4.38. The van der Waals surface area contributed by atoms with Gasteiger partial charge >= 0.3 is 0 Å². The fourth-order valence-corrected chi connectivity index (χ4v) is 3.04. The number of morpholine rings is 2. The van der Waals surface area contributed by atoms with Crippen molar-refractivity contribution in [3.8, 4) is 0 Å². The van der Waals surface area contributed by atoms with Gasteiger partial charge in [0.25, 0.3) is 10.2 Å². The van der Waals surface area contributed by atoms with E-state index in [-0.39, 0.29) is 6.10 Å². The van der Waals surface area contributed by atoms with E-state index in [4.69, 9.17) is 9.47 Å². The van der Waals surface area contributed by atoms with Crippen molar-refractivity contribution in [2.45, 2.75) is 6.10 Å². The zero-order valence-corrected chi connectivity index (χ0v) is 10.5.